The van der Waals surface area contributed by atoms with Crippen LogP contribution in [0.1, 0.15) is 39.7 Å². The molecule has 0 fully saturated rings. The number of benzene rings is 1. The van der Waals surface area contributed by atoms with Crippen molar-refractivity contribution >= 4 is 15.9 Å². The maximum atomic E-state index is 3.67. The number of hydrogen-bond donors (Lipinski definition) is 1. The summed E-state index contributed by atoms with van der Waals surface area (Å²) in [4.78, 5) is 0. The van der Waals surface area contributed by atoms with E-state index in [1.807, 2.05) is 0 Å². The van der Waals surface area contributed by atoms with Crippen LogP contribution >= 0.6 is 15.9 Å². The summed E-state index contributed by atoms with van der Waals surface area (Å²) in [7, 11) is 0. The van der Waals surface area contributed by atoms with Gasteiger partial charge < -0.3 is 5.32 Å². The van der Waals surface area contributed by atoms with Crippen LogP contribution in [0.4, 0.5) is 0 Å². The highest BCUT2D eigenvalue weighted by atomic mass is 79.9. The molecule has 0 aliphatic rings. The molecule has 2 heteroatoms. The SMILES string of the molecule is CCC(C)C(CNCC(C)C)Cc1ccccc1Br. The minimum Gasteiger partial charge on any atom is -0.316 e. The van der Waals surface area contributed by atoms with Crippen molar-refractivity contribution in [2.75, 3.05) is 13.1 Å². The normalized spacial score (nSPS) is 14.6. The Labute approximate surface area is 127 Å². The predicted octanol–water partition coefficient (Wildman–Crippen LogP) is 4.90. The Hall–Kier alpha value is -0.340. The van der Waals surface area contributed by atoms with Crippen molar-refractivity contribution in [1.29, 1.82) is 0 Å². The first-order valence-corrected chi connectivity index (χ1v) is 8.28. The molecule has 0 aliphatic carbocycles. The van der Waals surface area contributed by atoms with Crippen molar-refractivity contribution in [3.05, 3.63) is 34.3 Å². The van der Waals surface area contributed by atoms with Crippen molar-refractivity contribution in [2.24, 2.45) is 17.8 Å². The van der Waals surface area contributed by atoms with Gasteiger partial charge in [-0.3, -0.25) is 0 Å². The van der Waals surface area contributed by atoms with Gasteiger partial charge >= 0.3 is 0 Å². The molecule has 0 spiro atoms. The first-order valence-electron chi connectivity index (χ1n) is 7.48. The minimum absolute atomic E-state index is 0.711. The average Bonchev–Trinajstić information content (AvgIpc) is 2.38. The second-order valence-electron chi connectivity index (χ2n) is 5.99. The van der Waals surface area contributed by atoms with E-state index in [4.69, 9.17) is 0 Å². The molecule has 2 atom stereocenters. The van der Waals surface area contributed by atoms with Gasteiger partial charge in [0.05, 0.1) is 0 Å². The minimum atomic E-state index is 0.711. The standard InChI is InChI=1S/C17H28BrN/c1-5-14(4)16(12-19-11-13(2)3)10-15-8-6-7-9-17(15)18/h6-9,13-14,16,19H,5,10-12H2,1-4H3. The van der Waals surface area contributed by atoms with Crippen molar-refractivity contribution in [1.82, 2.24) is 5.32 Å². The monoisotopic (exact) mass is 325 g/mol. The Kier molecular flexibility index (Phi) is 7.70. The maximum absolute atomic E-state index is 3.67. The van der Waals surface area contributed by atoms with Gasteiger partial charge in [-0.1, -0.05) is 68.2 Å². The third-order valence-corrected chi connectivity index (χ3v) is 4.62. The topological polar surface area (TPSA) is 12.0 Å². The second kappa shape index (κ2) is 8.76. The second-order valence-corrected chi connectivity index (χ2v) is 6.85. The fourth-order valence-electron chi connectivity index (χ4n) is 2.31. The molecule has 1 N–H and O–H groups in total. The molecule has 0 heterocycles. The molecule has 0 saturated heterocycles. The largest absolute Gasteiger partial charge is 0.316 e. The number of hydrogen-bond acceptors (Lipinski definition) is 1. The summed E-state index contributed by atoms with van der Waals surface area (Å²) in [5, 5.41) is 3.62. The first-order chi connectivity index (χ1) is 9.04. The van der Waals surface area contributed by atoms with Gasteiger partial charge in [-0.25, -0.2) is 0 Å². The van der Waals surface area contributed by atoms with Crippen molar-refractivity contribution in [3.8, 4) is 0 Å². The number of rotatable bonds is 8. The Balaban J connectivity index is 2.61. The van der Waals surface area contributed by atoms with Crippen LogP contribution in [-0.4, -0.2) is 13.1 Å². The van der Waals surface area contributed by atoms with E-state index in [1.165, 1.54) is 16.5 Å². The molecule has 1 aromatic rings. The fraction of sp³-hybridized carbons (Fsp3) is 0.647. The smallest absolute Gasteiger partial charge is 0.0207 e. The molecule has 2 unspecified atom stereocenters. The van der Waals surface area contributed by atoms with Crippen LogP contribution in [0, 0.1) is 17.8 Å². The highest BCUT2D eigenvalue weighted by Gasteiger charge is 2.17. The molecule has 1 nitrogen and oxygen atoms in total. The lowest BCUT2D eigenvalue weighted by molar-refractivity contribution is 0.323. The summed E-state index contributed by atoms with van der Waals surface area (Å²) in [6.07, 6.45) is 2.40. The fourth-order valence-corrected chi connectivity index (χ4v) is 2.76. The van der Waals surface area contributed by atoms with E-state index in [2.05, 4.69) is 73.2 Å². The Morgan fingerprint density at radius 2 is 1.79 bits per heavy atom. The molecule has 0 amide bonds. The summed E-state index contributed by atoms with van der Waals surface area (Å²) < 4.78 is 1.24. The lowest BCUT2D eigenvalue weighted by atomic mass is 9.86. The van der Waals surface area contributed by atoms with Crippen LogP contribution in [0.15, 0.2) is 28.7 Å². The predicted molar refractivity (Wildman–Crippen MR) is 88.5 cm³/mol. The third kappa shape index (κ3) is 6.09. The lowest BCUT2D eigenvalue weighted by Crippen LogP contribution is -2.31. The maximum Gasteiger partial charge on any atom is 0.0207 e. The zero-order chi connectivity index (χ0) is 14.3. The van der Waals surface area contributed by atoms with Crippen LogP contribution in [0.25, 0.3) is 0 Å². The Bertz CT molecular complexity index is 362. The number of nitrogens with one attached hydrogen (secondary N) is 1. The highest BCUT2D eigenvalue weighted by Crippen LogP contribution is 2.24. The van der Waals surface area contributed by atoms with Gasteiger partial charge in [0.25, 0.3) is 0 Å². The zero-order valence-corrected chi connectivity index (χ0v) is 14.3. The van der Waals surface area contributed by atoms with Gasteiger partial charge in [0.15, 0.2) is 0 Å². The van der Waals surface area contributed by atoms with Crippen LogP contribution in [0.2, 0.25) is 0 Å². The van der Waals surface area contributed by atoms with Gasteiger partial charge in [-0.2, -0.15) is 0 Å². The van der Waals surface area contributed by atoms with E-state index in [1.54, 1.807) is 0 Å². The van der Waals surface area contributed by atoms with E-state index in [-0.39, 0.29) is 0 Å². The van der Waals surface area contributed by atoms with E-state index in [0.717, 1.165) is 31.3 Å². The molecular formula is C17H28BrN. The van der Waals surface area contributed by atoms with Gasteiger partial charge in [-0.05, 0) is 48.9 Å². The first kappa shape index (κ1) is 16.7. The zero-order valence-electron chi connectivity index (χ0n) is 12.7. The highest BCUT2D eigenvalue weighted by molar-refractivity contribution is 9.10. The summed E-state index contributed by atoms with van der Waals surface area (Å²) in [6.45, 7) is 11.4. The van der Waals surface area contributed by atoms with Gasteiger partial charge in [0, 0.05) is 4.47 Å². The molecule has 0 radical (unpaired) electrons. The third-order valence-electron chi connectivity index (χ3n) is 3.85. The Morgan fingerprint density at radius 3 is 2.37 bits per heavy atom. The molecule has 0 bridgehead atoms. The van der Waals surface area contributed by atoms with Crippen molar-refractivity contribution in [2.45, 2.75) is 40.5 Å². The summed E-state index contributed by atoms with van der Waals surface area (Å²) >= 11 is 3.67. The van der Waals surface area contributed by atoms with Crippen LogP contribution in [0.5, 0.6) is 0 Å². The van der Waals surface area contributed by atoms with E-state index in [9.17, 15) is 0 Å². The van der Waals surface area contributed by atoms with Crippen molar-refractivity contribution in [3.63, 3.8) is 0 Å². The van der Waals surface area contributed by atoms with Gasteiger partial charge in [0.2, 0.25) is 0 Å². The molecule has 108 valence electrons. The summed E-state index contributed by atoms with van der Waals surface area (Å²) in [5.74, 6) is 2.19. The molecule has 0 aliphatic heterocycles. The van der Waals surface area contributed by atoms with Gasteiger partial charge in [0.1, 0.15) is 0 Å². The van der Waals surface area contributed by atoms with Crippen molar-refractivity contribution < 1.29 is 0 Å². The quantitative estimate of drug-likeness (QED) is 0.716. The molecule has 19 heavy (non-hydrogen) atoms. The molecular weight excluding hydrogens is 298 g/mol. The lowest BCUT2D eigenvalue weighted by Gasteiger charge is -2.24. The number of halogens is 1. The molecule has 1 aromatic carbocycles. The summed E-state index contributed by atoms with van der Waals surface area (Å²) in [5.41, 5.74) is 1.43. The molecule has 0 saturated carbocycles. The van der Waals surface area contributed by atoms with Gasteiger partial charge in [-0.15, -0.1) is 0 Å². The van der Waals surface area contributed by atoms with E-state index < -0.39 is 0 Å². The van der Waals surface area contributed by atoms with Crippen LogP contribution < -0.4 is 5.32 Å². The molecule has 0 aromatic heterocycles. The van der Waals surface area contributed by atoms with E-state index in [0.29, 0.717) is 5.92 Å². The molecule has 1 rings (SSSR count). The van der Waals surface area contributed by atoms with Crippen LogP contribution in [-0.2, 0) is 6.42 Å². The van der Waals surface area contributed by atoms with E-state index >= 15 is 0 Å². The Morgan fingerprint density at radius 1 is 1.11 bits per heavy atom. The van der Waals surface area contributed by atoms with Crippen LogP contribution in [0.3, 0.4) is 0 Å². The summed E-state index contributed by atoms with van der Waals surface area (Å²) in [6, 6.07) is 8.60. The average molecular weight is 326 g/mol.